The third-order valence-electron chi connectivity index (χ3n) is 4.81. The van der Waals surface area contributed by atoms with Crippen LogP contribution in [-0.4, -0.2) is 50.8 Å². The highest BCUT2D eigenvalue weighted by molar-refractivity contribution is 6.01. The predicted molar refractivity (Wildman–Crippen MR) is 110 cm³/mol. The molecular weight excluding hydrogens is 374 g/mol. The van der Waals surface area contributed by atoms with Crippen molar-refractivity contribution in [1.29, 1.82) is 0 Å². The maximum atomic E-state index is 13.0. The zero-order chi connectivity index (χ0) is 20.8. The molecule has 0 saturated carbocycles. The minimum absolute atomic E-state index is 0.286. The number of methoxy groups -OCH3 is 3. The van der Waals surface area contributed by atoms with E-state index in [0.29, 0.717) is 41.6 Å². The van der Waals surface area contributed by atoms with Crippen molar-refractivity contribution in [3.05, 3.63) is 42.5 Å². The molecular formula is C21H25N3O5. The topological polar surface area (TPSA) is 89.1 Å². The van der Waals surface area contributed by atoms with Crippen LogP contribution >= 0.6 is 0 Å². The summed E-state index contributed by atoms with van der Waals surface area (Å²) in [5, 5.41) is 5.69. The van der Waals surface area contributed by atoms with E-state index in [-0.39, 0.29) is 11.9 Å². The Balaban J connectivity index is 1.73. The standard InChI is InChI=1S/C21H25N3O5/c1-27-15-8-4-7-14(13-15)22-21(26)24-12-6-9-16(24)20(25)23-19-17(28-2)10-5-11-18(19)29-3/h4-5,7-8,10-11,13,16H,6,9,12H2,1-3H3,(H,22,26)(H,23,25)/t16-/m0/s1. The molecule has 8 nitrogen and oxygen atoms in total. The number of nitrogens with one attached hydrogen (secondary N) is 2. The number of carbonyl (C=O) groups is 2. The van der Waals surface area contributed by atoms with E-state index in [2.05, 4.69) is 10.6 Å². The second-order valence-corrected chi connectivity index (χ2v) is 6.54. The fourth-order valence-electron chi connectivity index (χ4n) is 3.36. The summed E-state index contributed by atoms with van der Waals surface area (Å²) in [6.45, 7) is 0.497. The van der Waals surface area contributed by atoms with Crippen molar-refractivity contribution in [3.63, 3.8) is 0 Å². The van der Waals surface area contributed by atoms with Crippen molar-refractivity contribution in [3.8, 4) is 17.2 Å². The van der Waals surface area contributed by atoms with Gasteiger partial charge in [-0.2, -0.15) is 0 Å². The Bertz CT molecular complexity index is 864. The lowest BCUT2D eigenvalue weighted by Crippen LogP contribution is -2.45. The lowest BCUT2D eigenvalue weighted by atomic mass is 10.2. The smallest absolute Gasteiger partial charge is 0.322 e. The summed E-state index contributed by atoms with van der Waals surface area (Å²) >= 11 is 0. The molecule has 1 aliphatic rings. The Hall–Kier alpha value is -3.42. The highest BCUT2D eigenvalue weighted by Crippen LogP contribution is 2.35. The lowest BCUT2D eigenvalue weighted by molar-refractivity contribution is -0.119. The molecule has 1 atom stereocenters. The molecule has 3 amide bonds. The van der Waals surface area contributed by atoms with Crippen molar-refractivity contribution in [2.24, 2.45) is 0 Å². The van der Waals surface area contributed by atoms with Gasteiger partial charge in [-0.15, -0.1) is 0 Å². The average molecular weight is 399 g/mol. The monoisotopic (exact) mass is 399 g/mol. The van der Waals surface area contributed by atoms with E-state index >= 15 is 0 Å². The average Bonchev–Trinajstić information content (AvgIpc) is 3.24. The van der Waals surface area contributed by atoms with Gasteiger partial charge >= 0.3 is 6.03 Å². The number of rotatable bonds is 6. The van der Waals surface area contributed by atoms with Crippen LogP contribution in [0.25, 0.3) is 0 Å². The van der Waals surface area contributed by atoms with Gasteiger partial charge in [0.25, 0.3) is 0 Å². The predicted octanol–water partition coefficient (Wildman–Crippen LogP) is 3.35. The molecule has 0 bridgehead atoms. The third-order valence-corrected chi connectivity index (χ3v) is 4.81. The van der Waals surface area contributed by atoms with Gasteiger partial charge in [-0.1, -0.05) is 12.1 Å². The van der Waals surface area contributed by atoms with E-state index in [9.17, 15) is 9.59 Å². The Labute approximate surface area is 169 Å². The zero-order valence-corrected chi connectivity index (χ0v) is 16.7. The zero-order valence-electron chi connectivity index (χ0n) is 16.7. The van der Waals surface area contributed by atoms with Crippen LogP contribution in [0.15, 0.2) is 42.5 Å². The number of nitrogens with zero attached hydrogens (tertiary/aromatic N) is 1. The summed E-state index contributed by atoms with van der Waals surface area (Å²) in [6.07, 6.45) is 1.32. The van der Waals surface area contributed by atoms with Crippen molar-refractivity contribution in [1.82, 2.24) is 4.90 Å². The van der Waals surface area contributed by atoms with Gasteiger partial charge in [0, 0.05) is 18.3 Å². The summed E-state index contributed by atoms with van der Waals surface area (Å²) in [6, 6.07) is 11.4. The number of ether oxygens (including phenoxy) is 3. The molecule has 154 valence electrons. The molecule has 1 saturated heterocycles. The maximum Gasteiger partial charge on any atom is 0.322 e. The molecule has 0 spiro atoms. The fourth-order valence-corrected chi connectivity index (χ4v) is 3.36. The van der Waals surface area contributed by atoms with Crippen molar-refractivity contribution < 1.29 is 23.8 Å². The van der Waals surface area contributed by atoms with Gasteiger partial charge in [-0.25, -0.2) is 4.79 Å². The molecule has 2 aromatic carbocycles. The first kappa shape index (κ1) is 20.3. The lowest BCUT2D eigenvalue weighted by Gasteiger charge is -2.25. The van der Waals surface area contributed by atoms with Crippen molar-refractivity contribution >= 4 is 23.3 Å². The highest BCUT2D eigenvalue weighted by Gasteiger charge is 2.35. The van der Waals surface area contributed by atoms with Crippen LogP contribution in [0.2, 0.25) is 0 Å². The first-order valence-electron chi connectivity index (χ1n) is 9.31. The number of para-hydroxylation sites is 1. The Morgan fingerprint density at radius 2 is 1.66 bits per heavy atom. The third kappa shape index (κ3) is 4.53. The Morgan fingerprint density at radius 1 is 0.966 bits per heavy atom. The molecule has 0 radical (unpaired) electrons. The van der Waals surface area contributed by atoms with Crippen LogP contribution in [0.1, 0.15) is 12.8 Å². The van der Waals surface area contributed by atoms with E-state index in [1.807, 2.05) is 0 Å². The molecule has 1 aliphatic heterocycles. The number of amides is 3. The summed E-state index contributed by atoms with van der Waals surface area (Å²) < 4.78 is 15.8. The van der Waals surface area contributed by atoms with Gasteiger partial charge in [-0.05, 0) is 37.1 Å². The molecule has 0 aliphatic carbocycles. The number of urea groups is 1. The number of hydrogen-bond donors (Lipinski definition) is 2. The van der Waals surface area contributed by atoms with Gasteiger partial charge in [0.05, 0.1) is 21.3 Å². The summed E-state index contributed by atoms with van der Waals surface area (Å²) in [4.78, 5) is 27.3. The molecule has 1 heterocycles. The molecule has 1 fully saturated rings. The van der Waals surface area contributed by atoms with Crippen molar-refractivity contribution in [2.45, 2.75) is 18.9 Å². The summed E-state index contributed by atoms with van der Waals surface area (Å²) in [5.74, 6) is 1.33. The van der Waals surface area contributed by atoms with E-state index < -0.39 is 6.04 Å². The van der Waals surface area contributed by atoms with Gasteiger partial charge in [0.15, 0.2) is 0 Å². The molecule has 8 heteroatoms. The molecule has 2 aromatic rings. The molecule has 29 heavy (non-hydrogen) atoms. The molecule has 0 aromatic heterocycles. The number of benzene rings is 2. The second-order valence-electron chi connectivity index (χ2n) is 6.54. The highest BCUT2D eigenvalue weighted by atomic mass is 16.5. The van der Waals surface area contributed by atoms with E-state index in [4.69, 9.17) is 14.2 Å². The van der Waals surface area contributed by atoms with Gasteiger partial charge in [0.2, 0.25) is 5.91 Å². The first-order chi connectivity index (χ1) is 14.1. The Kier molecular flexibility index (Phi) is 6.43. The van der Waals surface area contributed by atoms with Crippen molar-refractivity contribution in [2.75, 3.05) is 38.5 Å². The molecule has 3 rings (SSSR count). The normalized spacial score (nSPS) is 15.6. The Morgan fingerprint density at radius 3 is 2.31 bits per heavy atom. The second kappa shape index (κ2) is 9.18. The van der Waals surface area contributed by atoms with Crippen LogP contribution in [0.4, 0.5) is 16.2 Å². The minimum Gasteiger partial charge on any atom is -0.497 e. The molecule has 2 N–H and O–H groups in total. The van der Waals surface area contributed by atoms with Gasteiger partial charge in [-0.3, -0.25) is 4.79 Å². The van der Waals surface area contributed by atoms with E-state index in [1.54, 1.807) is 49.6 Å². The number of likely N-dealkylation sites (tertiary alicyclic amines) is 1. The SMILES string of the molecule is COc1cccc(NC(=O)N2CCC[C@H]2C(=O)Nc2c(OC)cccc2OC)c1. The largest absolute Gasteiger partial charge is 0.497 e. The maximum absolute atomic E-state index is 13.0. The summed E-state index contributed by atoms with van der Waals surface area (Å²) in [5.41, 5.74) is 1.05. The van der Waals surface area contributed by atoms with Crippen LogP contribution < -0.4 is 24.8 Å². The summed E-state index contributed by atoms with van der Waals surface area (Å²) in [7, 11) is 4.61. The quantitative estimate of drug-likeness (QED) is 0.778. The van der Waals surface area contributed by atoms with E-state index in [1.165, 1.54) is 19.1 Å². The first-order valence-corrected chi connectivity index (χ1v) is 9.31. The van der Waals surface area contributed by atoms with Gasteiger partial charge in [0.1, 0.15) is 29.0 Å². The molecule has 0 unspecified atom stereocenters. The minimum atomic E-state index is -0.588. The fraction of sp³-hybridized carbons (Fsp3) is 0.333. The van der Waals surface area contributed by atoms with Crippen LogP contribution in [0, 0.1) is 0 Å². The van der Waals surface area contributed by atoms with Gasteiger partial charge < -0.3 is 29.7 Å². The van der Waals surface area contributed by atoms with Crippen LogP contribution in [0.3, 0.4) is 0 Å². The number of anilines is 2. The number of hydrogen-bond acceptors (Lipinski definition) is 5. The van der Waals surface area contributed by atoms with E-state index in [0.717, 1.165) is 6.42 Å². The van der Waals surface area contributed by atoms with Crippen LogP contribution in [0.5, 0.6) is 17.2 Å². The van der Waals surface area contributed by atoms with Crippen LogP contribution in [-0.2, 0) is 4.79 Å². The number of carbonyl (C=O) groups excluding carboxylic acids is 2.